The SMILES string of the molecule is COc1ccc(CNC(=O)COc2ccc(C)cc2)cc1Cl. The van der Waals surface area contributed by atoms with E-state index in [1.807, 2.05) is 37.3 Å². The lowest BCUT2D eigenvalue weighted by Crippen LogP contribution is -2.28. The maximum absolute atomic E-state index is 11.8. The minimum absolute atomic E-state index is 0.0209. The highest BCUT2D eigenvalue weighted by Crippen LogP contribution is 2.24. The van der Waals surface area contributed by atoms with E-state index in [0.717, 1.165) is 11.1 Å². The van der Waals surface area contributed by atoms with Crippen LogP contribution in [0.4, 0.5) is 0 Å². The monoisotopic (exact) mass is 319 g/mol. The Morgan fingerprint density at radius 1 is 1.18 bits per heavy atom. The number of halogens is 1. The Balaban J connectivity index is 1.80. The number of nitrogens with one attached hydrogen (secondary N) is 1. The van der Waals surface area contributed by atoms with Gasteiger partial charge in [-0.15, -0.1) is 0 Å². The molecule has 4 nitrogen and oxygen atoms in total. The summed E-state index contributed by atoms with van der Waals surface area (Å²) in [6.07, 6.45) is 0. The predicted octanol–water partition coefficient (Wildman–Crippen LogP) is 3.35. The summed E-state index contributed by atoms with van der Waals surface area (Å²) in [5.74, 6) is 1.10. The Morgan fingerprint density at radius 3 is 2.55 bits per heavy atom. The molecule has 2 rings (SSSR count). The summed E-state index contributed by atoms with van der Waals surface area (Å²) < 4.78 is 10.5. The average Bonchev–Trinajstić information content (AvgIpc) is 2.52. The molecule has 0 aromatic heterocycles. The third-order valence-corrected chi connectivity index (χ3v) is 3.39. The van der Waals surface area contributed by atoms with Crippen molar-refractivity contribution in [2.45, 2.75) is 13.5 Å². The minimum Gasteiger partial charge on any atom is -0.495 e. The molecule has 2 aromatic rings. The van der Waals surface area contributed by atoms with Crippen LogP contribution in [0.15, 0.2) is 42.5 Å². The highest BCUT2D eigenvalue weighted by Gasteiger charge is 2.05. The summed E-state index contributed by atoms with van der Waals surface area (Å²) in [6.45, 7) is 2.36. The fourth-order valence-electron chi connectivity index (χ4n) is 1.85. The normalized spacial score (nSPS) is 10.1. The van der Waals surface area contributed by atoms with E-state index in [9.17, 15) is 4.79 Å². The first-order valence-electron chi connectivity index (χ1n) is 6.87. The number of amides is 1. The molecule has 2 aromatic carbocycles. The summed E-state index contributed by atoms with van der Waals surface area (Å²) in [6, 6.07) is 12.9. The highest BCUT2D eigenvalue weighted by molar-refractivity contribution is 6.32. The number of carbonyl (C=O) groups is 1. The number of hydrogen-bond acceptors (Lipinski definition) is 3. The van der Waals surface area contributed by atoms with E-state index in [0.29, 0.717) is 23.1 Å². The van der Waals surface area contributed by atoms with Gasteiger partial charge in [-0.05, 0) is 36.8 Å². The maximum Gasteiger partial charge on any atom is 0.258 e. The summed E-state index contributed by atoms with van der Waals surface area (Å²) >= 11 is 6.04. The van der Waals surface area contributed by atoms with Gasteiger partial charge in [-0.1, -0.05) is 35.4 Å². The number of carbonyl (C=O) groups excluding carboxylic acids is 1. The first-order valence-corrected chi connectivity index (χ1v) is 7.25. The van der Waals surface area contributed by atoms with Crippen molar-refractivity contribution in [3.05, 3.63) is 58.6 Å². The third kappa shape index (κ3) is 4.67. The molecule has 0 aliphatic heterocycles. The van der Waals surface area contributed by atoms with Crippen molar-refractivity contribution >= 4 is 17.5 Å². The minimum atomic E-state index is -0.187. The zero-order valence-corrected chi connectivity index (χ0v) is 13.3. The maximum atomic E-state index is 11.8. The van der Waals surface area contributed by atoms with Gasteiger partial charge >= 0.3 is 0 Å². The van der Waals surface area contributed by atoms with Gasteiger partial charge in [-0.2, -0.15) is 0 Å². The van der Waals surface area contributed by atoms with Gasteiger partial charge in [0.25, 0.3) is 5.91 Å². The van der Waals surface area contributed by atoms with Gasteiger partial charge in [0.2, 0.25) is 0 Å². The van der Waals surface area contributed by atoms with Gasteiger partial charge in [-0.3, -0.25) is 4.79 Å². The summed E-state index contributed by atoms with van der Waals surface area (Å²) in [5, 5.41) is 3.30. The van der Waals surface area contributed by atoms with Crippen LogP contribution in [-0.4, -0.2) is 19.6 Å². The Kier molecular flexibility index (Phi) is 5.67. The molecule has 0 fully saturated rings. The summed E-state index contributed by atoms with van der Waals surface area (Å²) in [5.41, 5.74) is 2.04. The van der Waals surface area contributed by atoms with Crippen LogP contribution in [0.5, 0.6) is 11.5 Å². The van der Waals surface area contributed by atoms with Gasteiger partial charge < -0.3 is 14.8 Å². The van der Waals surface area contributed by atoms with Crippen molar-refractivity contribution in [1.82, 2.24) is 5.32 Å². The van der Waals surface area contributed by atoms with Crippen molar-refractivity contribution in [3.63, 3.8) is 0 Å². The zero-order valence-electron chi connectivity index (χ0n) is 12.6. The molecule has 0 heterocycles. The molecule has 116 valence electrons. The number of aryl methyl sites for hydroxylation is 1. The highest BCUT2D eigenvalue weighted by atomic mass is 35.5. The van der Waals surface area contributed by atoms with E-state index in [2.05, 4.69) is 5.32 Å². The number of ether oxygens (including phenoxy) is 2. The third-order valence-electron chi connectivity index (χ3n) is 3.10. The van der Waals surface area contributed by atoms with E-state index in [-0.39, 0.29) is 12.5 Å². The standard InChI is InChI=1S/C17H18ClNO3/c1-12-3-6-14(7-4-12)22-11-17(20)19-10-13-5-8-16(21-2)15(18)9-13/h3-9H,10-11H2,1-2H3,(H,19,20). The number of hydrogen-bond donors (Lipinski definition) is 1. The van der Waals surface area contributed by atoms with Crippen molar-refractivity contribution < 1.29 is 14.3 Å². The van der Waals surface area contributed by atoms with Crippen molar-refractivity contribution in [2.24, 2.45) is 0 Å². The lowest BCUT2D eigenvalue weighted by atomic mass is 10.2. The molecule has 0 radical (unpaired) electrons. The Hall–Kier alpha value is -2.20. The first kappa shape index (κ1) is 16.2. The van der Waals surface area contributed by atoms with E-state index in [1.54, 1.807) is 19.2 Å². The molecule has 0 atom stereocenters. The van der Waals surface area contributed by atoms with Gasteiger partial charge in [-0.25, -0.2) is 0 Å². The average molecular weight is 320 g/mol. The molecule has 0 spiro atoms. The van der Waals surface area contributed by atoms with Crippen LogP contribution in [0.25, 0.3) is 0 Å². The van der Waals surface area contributed by atoms with Crippen LogP contribution in [-0.2, 0) is 11.3 Å². The van der Waals surface area contributed by atoms with E-state index < -0.39 is 0 Å². The van der Waals surface area contributed by atoms with Crippen LogP contribution >= 0.6 is 11.6 Å². The second-order valence-electron chi connectivity index (χ2n) is 4.85. The van der Waals surface area contributed by atoms with Crippen LogP contribution in [0.3, 0.4) is 0 Å². The molecule has 5 heteroatoms. The Labute approximate surface area is 135 Å². The fraction of sp³-hybridized carbons (Fsp3) is 0.235. The largest absolute Gasteiger partial charge is 0.495 e. The van der Waals surface area contributed by atoms with Crippen molar-refractivity contribution in [3.8, 4) is 11.5 Å². The lowest BCUT2D eigenvalue weighted by molar-refractivity contribution is -0.123. The topological polar surface area (TPSA) is 47.6 Å². The molecule has 0 aliphatic carbocycles. The molecular formula is C17H18ClNO3. The van der Waals surface area contributed by atoms with Gasteiger partial charge in [0.05, 0.1) is 12.1 Å². The van der Waals surface area contributed by atoms with Crippen LogP contribution < -0.4 is 14.8 Å². The van der Waals surface area contributed by atoms with Crippen molar-refractivity contribution in [1.29, 1.82) is 0 Å². The van der Waals surface area contributed by atoms with Gasteiger partial charge in [0, 0.05) is 6.54 Å². The number of benzene rings is 2. The smallest absolute Gasteiger partial charge is 0.258 e. The molecule has 1 N–H and O–H groups in total. The molecule has 0 unspecified atom stereocenters. The number of methoxy groups -OCH3 is 1. The summed E-state index contributed by atoms with van der Waals surface area (Å²) in [4.78, 5) is 11.8. The Morgan fingerprint density at radius 2 is 1.91 bits per heavy atom. The fourth-order valence-corrected chi connectivity index (χ4v) is 2.14. The zero-order chi connectivity index (χ0) is 15.9. The molecular weight excluding hydrogens is 302 g/mol. The molecule has 0 bridgehead atoms. The molecule has 22 heavy (non-hydrogen) atoms. The number of rotatable bonds is 6. The van der Waals surface area contributed by atoms with E-state index >= 15 is 0 Å². The molecule has 1 amide bonds. The quantitative estimate of drug-likeness (QED) is 0.888. The van der Waals surface area contributed by atoms with Gasteiger partial charge in [0.1, 0.15) is 11.5 Å². The second-order valence-corrected chi connectivity index (χ2v) is 5.25. The molecule has 0 saturated heterocycles. The predicted molar refractivity (Wildman–Crippen MR) is 86.5 cm³/mol. The lowest BCUT2D eigenvalue weighted by Gasteiger charge is -2.09. The van der Waals surface area contributed by atoms with Crippen LogP contribution in [0.2, 0.25) is 5.02 Å². The molecule has 0 aliphatic rings. The first-order chi connectivity index (χ1) is 10.6. The van der Waals surface area contributed by atoms with E-state index in [1.165, 1.54) is 0 Å². The van der Waals surface area contributed by atoms with Crippen molar-refractivity contribution in [2.75, 3.05) is 13.7 Å². The Bertz CT molecular complexity index is 641. The van der Waals surface area contributed by atoms with Gasteiger partial charge in [0.15, 0.2) is 6.61 Å². The second kappa shape index (κ2) is 7.71. The van der Waals surface area contributed by atoms with Crippen LogP contribution in [0.1, 0.15) is 11.1 Å². The van der Waals surface area contributed by atoms with Crippen LogP contribution in [0, 0.1) is 6.92 Å². The van der Waals surface area contributed by atoms with E-state index in [4.69, 9.17) is 21.1 Å². The summed E-state index contributed by atoms with van der Waals surface area (Å²) in [7, 11) is 1.56. The molecule has 0 saturated carbocycles.